The van der Waals surface area contributed by atoms with Gasteiger partial charge in [0.15, 0.2) is 0 Å². The van der Waals surface area contributed by atoms with Gasteiger partial charge in [-0.3, -0.25) is 0 Å². The Kier molecular flexibility index (Phi) is 1.95. The van der Waals surface area contributed by atoms with E-state index in [2.05, 4.69) is 0 Å². The minimum atomic E-state index is -0.377. The molecule has 1 N–H and O–H groups in total. The lowest BCUT2D eigenvalue weighted by molar-refractivity contribution is 0.473. The molecule has 0 fully saturated rings. The Hall–Kier alpha value is -2.29. The van der Waals surface area contributed by atoms with Crippen molar-refractivity contribution < 1.29 is 9.52 Å². The number of hydrogen-bond acceptors (Lipinski definition) is 3. The normalized spacial score (nSPS) is 11.1. The molecule has 17 heavy (non-hydrogen) atoms. The van der Waals surface area contributed by atoms with Crippen LogP contribution in [0.5, 0.6) is 5.75 Å². The highest BCUT2D eigenvalue weighted by Crippen LogP contribution is 2.28. The van der Waals surface area contributed by atoms with Crippen molar-refractivity contribution in [3.63, 3.8) is 0 Å². The highest BCUT2D eigenvalue weighted by atomic mass is 16.4. The van der Waals surface area contributed by atoms with Gasteiger partial charge in [-0.25, -0.2) is 4.79 Å². The Morgan fingerprint density at radius 2 is 1.82 bits per heavy atom. The van der Waals surface area contributed by atoms with Gasteiger partial charge in [-0.15, -0.1) is 0 Å². The van der Waals surface area contributed by atoms with Crippen LogP contribution in [-0.2, 0) is 0 Å². The van der Waals surface area contributed by atoms with Crippen LogP contribution >= 0.6 is 0 Å². The topological polar surface area (TPSA) is 50.4 Å². The molecule has 0 radical (unpaired) electrons. The predicted molar refractivity (Wildman–Crippen MR) is 66.4 cm³/mol. The highest BCUT2D eigenvalue weighted by Gasteiger charge is 2.09. The predicted octanol–water partition coefficient (Wildman–Crippen LogP) is 2.96. The van der Waals surface area contributed by atoms with Crippen LogP contribution in [0.3, 0.4) is 0 Å². The molecule has 0 bridgehead atoms. The van der Waals surface area contributed by atoms with Crippen molar-refractivity contribution >= 4 is 21.7 Å². The van der Waals surface area contributed by atoms with Crippen LogP contribution in [0.4, 0.5) is 0 Å². The van der Waals surface area contributed by atoms with E-state index in [1.807, 2.05) is 19.1 Å². The summed E-state index contributed by atoms with van der Waals surface area (Å²) in [5.41, 5.74) is 0.934. The standard InChI is InChI=1S/C14H10O3/c1-8-6-9(15)7-12-13(8)10-4-2-3-5-11(10)14(16)17-12/h2-7,15H,1H3. The Morgan fingerprint density at radius 1 is 1.12 bits per heavy atom. The van der Waals surface area contributed by atoms with Crippen LogP contribution in [0.25, 0.3) is 21.7 Å². The van der Waals surface area contributed by atoms with Gasteiger partial charge in [-0.1, -0.05) is 18.2 Å². The van der Waals surface area contributed by atoms with E-state index in [1.165, 1.54) is 6.07 Å². The Labute approximate surface area is 96.9 Å². The Morgan fingerprint density at radius 3 is 2.59 bits per heavy atom. The van der Waals surface area contributed by atoms with E-state index in [-0.39, 0.29) is 11.4 Å². The third-order valence-electron chi connectivity index (χ3n) is 2.90. The number of phenols is 1. The van der Waals surface area contributed by atoms with Crippen molar-refractivity contribution in [2.75, 3.05) is 0 Å². The van der Waals surface area contributed by atoms with E-state index in [9.17, 15) is 9.90 Å². The van der Waals surface area contributed by atoms with Gasteiger partial charge in [-0.2, -0.15) is 0 Å². The van der Waals surface area contributed by atoms with E-state index in [4.69, 9.17) is 4.42 Å². The molecule has 2 aromatic carbocycles. The van der Waals surface area contributed by atoms with Crippen LogP contribution in [0.2, 0.25) is 0 Å². The van der Waals surface area contributed by atoms with Gasteiger partial charge in [0.1, 0.15) is 11.3 Å². The number of hydrogen-bond donors (Lipinski definition) is 1. The molecule has 0 aliphatic rings. The van der Waals surface area contributed by atoms with Crippen molar-refractivity contribution in [3.05, 3.63) is 52.4 Å². The fraction of sp³-hybridized carbons (Fsp3) is 0.0714. The Bertz CT molecular complexity index is 784. The first-order valence-corrected chi connectivity index (χ1v) is 5.32. The van der Waals surface area contributed by atoms with Gasteiger partial charge in [0.2, 0.25) is 0 Å². The van der Waals surface area contributed by atoms with Gasteiger partial charge in [-0.05, 0) is 24.6 Å². The number of aryl methyl sites for hydroxylation is 1. The summed E-state index contributed by atoms with van der Waals surface area (Å²) in [5.74, 6) is 0.105. The van der Waals surface area contributed by atoms with Crippen LogP contribution < -0.4 is 5.63 Å². The summed E-state index contributed by atoms with van der Waals surface area (Å²) in [6.07, 6.45) is 0. The molecule has 0 aliphatic heterocycles. The minimum Gasteiger partial charge on any atom is -0.508 e. The molecule has 3 aromatic rings. The van der Waals surface area contributed by atoms with Gasteiger partial charge < -0.3 is 9.52 Å². The minimum absolute atomic E-state index is 0.105. The average molecular weight is 226 g/mol. The zero-order valence-electron chi connectivity index (χ0n) is 9.23. The number of aromatic hydroxyl groups is 1. The van der Waals surface area contributed by atoms with Crippen molar-refractivity contribution in [2.24, 2.45) is 0 Å². The molecular weight excluding hydrogens is 216 g/mol. The first kappa shape index (κ1) is 9.90. The summed E-state index contributed by atoms with van der Waals surface area (Å²) in [7, 11) is 0. The molecule has 0 atom stereocenters. The monoisotopic (exact) mass is 226 g/mol. The zero-order valence-corrected chi connectivity index (χ0v) is 9.23. The fourth-order valence-electron chi connectivity index (χ4n) is 2.20. The van der Waals surface area contributed by atoms with Crippen molar-refractivity contribution in [3.8, 4) is 5.75 Å². The summed E-state index contributed by atoms with van der Waals surface area (Å²) in [6.45, 7) is 1.88. The van der Waals surface area contributed by atoms with Crippen LogP contribution in [0, 0.1) is 6.92 Å². The smallest absolute Gasteiger partial charge is 0.344 e. The quantitative estimate of drug-likeness (QED) is 0.473. The van der Waals surface area contributed by atoms with E-state index in [1.54, 1.807) is 18.2 Å². The molecule has 0 spiro atoms. The lowest BCUT2D eigenvalue weighted by atomic mass is 10.0. The molecule has 1 heterocycles. The molecule has 1 aromatic heterocycles. The molecule has 3 nitrogen and oxygen atoms in total. The maximum absolute atomic E-state index is 11.8. The lowest BCUT2D eigenvalue weighted by Gasteiger charge is -2.05. The zero-order chi connectivity index (χ0) is 12.0. The Balaban J connectivity index is 2.69. The number of benzene rings is 2. The van der Waals surface area contributed by atoms with Crippen molar-refractivity contribution in [2.45, 2.75) is 6.92 Å². The van der Waals surface area contributed by atoms with Crippen LogP contribution in [0.15, 0.2) is 45.6 Å². The largest absolute Gasteiger partial charge is 0.508 e. The molecule has 84 valence electrons. The molecule has 0 aliphatic carbocycles. The van der Waals surface area contributed by atoms with Crippen molar-refractivity contribution in [1.82, 2.24) is 0 Å². The number of phenolic OH excluding ortho intramolecular Hbond substituents is 1. The first-order chi connectivity index (χ1) is 8.16. The maximum atomic E-state index is 11.8. The highest BCUT2D eigenvalue weighted by molar-refractivity contribution is 6.06. The third kappa shape index (κ3) is 1.40. The summed E-state index contributed by atoms with van der Waals surface area (Å²) in [4.78, 5) is 11.8. The molecule has 0 unspecified atom stereocenters. The lowest BCUT2D eigenvalue weighted by Crippen LogP contribution is -2.00. The summed E-state index contributed by atoms with van der Waals surface area (Å²) >= 11 is 0. The SMILES string of the molecule is Cc1cc(O)cc2oc(=O)c3ccccc3c12. The van der Waals surface area contributed by atoms with Crippen molar-refractivity contribution in [1.29, 1.82) is 0 Å². The first-order valence-electron chi connectivity index (χ1n) is 5.32. The summed E-state index contributed by atoms with van der Waals surface area (Å²) in [6, 6.07) is 10.4. The third-order valence-corrected chi connectivity index (χ3v) is 2.90. The molecular formula is C14H10O3. The van der Waals surface area contributed by atoms with E-state index in [0.29, 0.717) is 11.0 Å². The molecule has 0 amide bonds. The second kappa shape index (κ2) is 3.35. The van der Waals surface area contributed by atoms with Crippen LogP contribution in [-0.4, -0.2) is 5.11 Å². The number of fused-ring (bicyclic) bond motifs is 3. The van der Waals surface area contributed by atoms with Gasteiger partial charge >= 0.3 is 5.63 Å². The summed E-state index contributed by atoms with van der Waals surface area (Å²) in [5, 5.41) is 11.8. The number of rotatable bonds is 0. The van der Waals surface area contributed by atoms with Gasteiger partial charge in [0.25, 0.3) is 0 Å². The molecule has 3 heteroatoms. The molecule has 0 saturated carbocycles. The fourth-order valence-corrected chi connectivity index (χ4v) is 2.20. The average Bonchev–Trinajstić information content (AvgIpc) is 2.28. The second-order valence-electron chi connectivity index (χ2n) is 4.07. The summed E-state index contributed by atoms with van der Waals surface area (Å²) < 4.78 is 5.22. The molecule has 0 saturated heterocycles. The van der Waals surface area contributed by atoms with E-state index in [0.717, 1.165) is 16.3 Å². The van der Waals surface area contributed by atoms with Gasteiger partial charge in [0.05, 0.1) is 5.39 Å². The molecule has 3 rings (SSSR count). The van der Waals surface area contributed by atoms with Crippen LogP contribution in [0.1, 0.15) is 5.56 Å². The van der Waals surface area contributed by atoms with E-state index < -0.39 is 0 Å². The maximum Gasteiger partial charge on any atom is 0.344 e. The van der Waals surface area contributed by atoms with Gasteiger partial charge in [0, 0.05) is 16.8 Å². The second-order valence-corrected chi connectivity index (χ2v) is 4.07. The van der Waals surface area contributed by atoms with E-state index >= 15 is 0 Å².